The average Bonchev–Trinajstić information content (AvgIpc) is 2.90. The van der Waals surface area contributed by atoms with Crippen LogP contribution < -0.4 is 0 Å². The third-order valence-electron chi connectivity index (χ3n) is 3.96. The average molecular weight is 368 g/mol. The molecule has 1 saturated heterocycles. The number of hydrogen-bond acceptors (Lipinski definition) is 5. The number of imidazole rings is 1. The molecule has 1 aliphatic rings. The maximum absolute atomic E-state index is 5.45. The lowest BCUT2D eigenvalue weighted by Crippen LogP contribution is -2.40. The van der Waals surface area contributed by atoms with Gasteiger partial charge in [0.15, 0.2) is 11.3 Å². The van der Waals surface area contributed by atoms with Crippen LogP contribution in [0.5, 0.6) is 0 Å². The monoisotopic (exact) mass is 367 g/mol. The van der Waals surface area contributed by atoms with Crippen LogP contribution in [0.4, 0.5) is 0 Å². The van der Waals surface area contributed by atoms with Crippen LogP contribution in [0.2, 0.25) is 0 Å². The maximum atomic E-state index is 5.45. The van der Waals surface area contributed by atoms with E-state index >= 15 is 0 Å². The molecule has 0 aliphatic carbocycles. The molecule has 0 aromatic carbocycles. The second kappa shape index (κ2) is 7.02. The second-order valence-corrected chi connectivity index (χ2v) is 7.00. The third kappa shape index (κ3) is 3.64. The van der Waals surface area contributed by atoms with Gasteiger partial charge >= 0.3 is 0 Å². The summed E-state index contributed by atoms with van der Waals surface area (Å²) in [5, 5.41) is 0. The predicted molar refractivity (Wildman–Crippen MR) is 88.8 cm³/mol. The minimum Gasteiger partial charge on any atom is -0.379 e. The fraction of sp³-hybridized carbons (Fsp3) is 0.667. The summed E-state index contributed by atoms with van der Waals surface area (Å²) in [5.74, 6) is 0.614. The summed E-state index contributed by atoms with van der Waals surface area (Å²) in [6, 6.07) is 0.353. The zero-order valence-electron chi connectivity index (χ0n) is 13.1. The van der Waals surface area contributed by atoms with E-state index in [4.69, 9.17) is 4.74 Å². The van der Waals surface area contributed by atoms with Crippen molar-refractivity contribution < 1.29 is 4.74 Å². The minimum atomic E-state index is 0.353. The predicted octanol–water partition coefficient (Wildman–Crippen LogP) is 2.51. The summed E-state index contributed by atoms with van der Waals surface area (Å²) in [7, 11) is 0. The van der Waals surface area contributed by atoms with Gasteiger partial charge in [-0.2, -0.15) is 0 Å². The molecule has 3 heterocycles. The van der Waals surface area contributed by atoms with Crippen molar-refractivity contribution in [1.82, 2.24) is 24.4 Å². The Morgan fingerprint density at radius 1 is 1.27 bits per heavy atom. The molecule has 0 saturated carbocycles. The largest absolute Gasteiger partial charge is 0.379 e. The molecule has 0 amide bonds. The first-order valence-corrected chi connectivity index (χ1v) is 8.58. The maximum Gasteiger partial charge on any atom is 0.197 e. The molecule has 0 unspecified atom stereocenters. The molecule has 1 atom stereocenters. The normalized spacial score (nSPS) is 18.2. The van der Waals surface area contributed by atoms with E-state index in [0.717, 1.165) is 49.5 Å². The van der Waals surface area contributed by atoms with E-state index in [2.05, 4.69) is 54.2 Å². The second-order valence-electron chi connectivity index (χ2n) is 6.19. The zero-order chi connectivity index (χ0) is 15.5. The van der Waals surface area contributed by atoms with Crippen molar-refractivity contribution in [3.05, 3.63) is 17.1 Å². The lowest BCUT2D eigenvalue weighted by molar-refractivity contribution is 0.0303. The van der Waals surface area contributed by atoms with Gasteiger partial charge in [-0.3, -0.25) is 4.90 Å². The molecule has 2 aromatic heterocycles. The Balaban J connectivity index is 1.87. The van der Waals surface area contributed by atoms with E-state index in [9.17, 15) is 0 Å². The number of nitrogens with zero attached hydrogens (tertiary/aromatic N) is 5. The van der Waals surface area contributed by atoms with Gasteiger partial charge in [0, 0.05) is 25.7 Å². The van der Waals surface area contributed by atoms with Gasteiger partial charge in [0.05, 0.1) is 25.7 Å². The highest BCUT2D eigenvalue weighted by molar-refractivity contribution is 9.10. The molecular formula is C15H22BrN5O. The van der Waals surface area contributed by atoms with E-state index < -0.39 is 0 Å². The van der Waals surface area contributed by atoms with Crippen molar-refractivity contribution in [1.29, 1.82) is 0 Å². The standard InChI is InChI=1S/C15H22BrN5O/c1-11(2)7-12(9-20-3-5-22-6-4-20)21-10-18-14-15(21)19-13(16)8-17-14/h8,10-12H,3-7,9H2,1-2H3/t12-/m1/s1. The van der Waals surface area contributed by atoms with Crippen molar-refractivity contribution in [2.75, 3.05) is 32.8 Å². The van der Waals surface area contributed by atoms with Gasteiger partial charge in [0.2, 0.25) is 0 Å². The minimum absolute atomic E-state index is 0.353. The Labute approximate surface area is 139 Å². The van der Waals surface area contributed by atoms with Crippen LogP contribution in [0.1, 0.15) is 26.3 Å². The number of ether oxygens (including phenoxy) is 1. The Bertz CT molecular complexity index is 623. The Kier molecular flexibility index (Phi) is 5.05. The van der Waals surface area contributed by atoms with E-state index in [0.29, 0.717) is 17.6 Å². The van der Waals surface area contributed by atoms with Crippen molar-refractivity contribution in [2.24, 2.45) is 5.92 Å². The van der Waals surface area contributed by atoms with Crippen LogP contribution in [0.3, 0.4) is 0 Å². The van der Waals surface area contributed by atoms with Crippen LogP contribution in [-0.4, -0.2) is 57.3 Å². The molecule has 120 valence electrons. The van der Waals surface area contributed by atoms with Crippen molar-refractivity contribution >= 4 is 27.2 Å². The lowest BCUT2D eigenvalue weighted by atomic mass is 10.0. The van der Waals surface area contributed by atoms with Gasteiger partial charge in [0.25, 0.3) is 0 Å². The van der Waals surface area contributed by atoms with Crippen molar-refractivity contribution in [3.63, 3.8) is 0 Å². The summed E-state index contributed by atoms with van der Waals surface area (Å²) in [5.41, 5.74) is 1.56. The molecule has 0 N–H and O–H groups in total. The van der Waals surface area contributed by atoms with Crippen LogP contribution in [-0.2, 0) is 4.74 Å². The van der Waals surface area contributed by atoms with Crippen molar-refractivity contribution in [3.8, 4) is 0 Å². The molecule has 0 spiro atoms. The molecule has 0 radical (unpaired) electrons. The fourth-order valence-electron chi connectivity index (χ4n) is 2.96. The fourth-order valence-corrected chi connectivity index (χ4v) is 3.23. The number of aromatic nitrogens is 4. The number of hydrogen-bond donors (Lipinski definition) is 0. The first-order chi connectivity index (χ1) is 10.6. The summed E-state index contributed by atoms with van der Waals surface area (Å²) >= 11 is 3.41. The molecule has 0 bridgehead atoms. The van der Waals surface area contributed by atoms with Gasteiger partial charge in [-0.05, 0) is 28.3 Å². The highest BCUT2D eigenvalue weighted by Crippen LogP contribution is 2.23. The smallest absolute Gasteiger partial charge is 0.197 e. The van der Waals surface area contributed by atoms with Gasteiger partial charge in [-0.15, -0.1) is 0 Å². The number of rotatable bonds is 5. The number of morpholine rings is 1. The third-order valence-corrected chi connectivity index (χ3v) is 4.35. The molecule has 6 nitrogen and oxygen atoms in total. The molecule has 3 rings (SSSR count). The van der Waals surface area contributed by atoms with Gasteiger partial charge in [-0.1, -0.05) is 13.8 Å². The first kappa shape index (κ1) is 15.8. The SMILES string of the molecule is CC(C)C[C@H](CN1CCOCC1)n1cnc2ncc(Br)nc21. The number of fused-ring (bicyclic) bond motifs is 1. The number of halogens is 1. The van der Waals surface area contributed by atoms with E-state index in [1.54, 1.807) is 6.20 Å². The highest BCUT2D eigenvalue weighted by Gasteiger charge is 2.21. The molecular weight excluding hydrogens is 346 g/mol. The molecule has 7 heteroatoms. The molecule has 2 aromatic rings. The van der Waals surface area contributed by atoms with E-state index in [-0.39, 0.29) is 0 Å². The van der Waals surface area contributed by atoms with Crippen LogP contribution in [0.25, 0.3) is 11.3 Å². The van der Waals surface area contributed by atoms with Crippen LogP contribution in [0, 0.1) is 5.92 Å². The Morgan fingerprint density at radius 3 is 2.77 bits per heavy atom. The van der Waals surface area contributed by atoms with Gasteiger partial charge < -0.3 is 9.30 Å². The Morgan fingerprint density at radius 2 is 2.05 bits per heavy atom. The first-order valence-electron chi connectivity index (χ1n) is 7.78. The highest BCUT2D eigenvalue weighted by atomic mass is 79.9. The van der Waals surface area contributed by atoms with E-state index in [1.807, 2.05) is 6.33 Å². The van der Waals surface area contributed by atoms with Crippen molar-refractivity contribution in [2.45, 2.75) is 26.3 Å². The summed E-state index contributed by atoms with van der Waals surface area (Å²) < 4.78 is 8.38. The van der Waals surface area contributed by atoms with Crippen LogP contribution in [0.15, 0.2) is 17.1 Å². The topological polar surface area (TPSA) is 56.1 Å². The molecule has 1 aliphatic heterocycles. The summed E-state index contributed by atoms with van der Waals surface area (Å²) in [6.07, 6.45) is 4.67. The lowest BCUT2D eigenvalue weighted by Gasteiger charge is -2.31. The Hall–Kier alpha value is -1.05. The summed E-state index contributed by atoms with van der Waals surface area (Å²) in [6.45, 7) is 9.16. The van der Waals surface area contributed by atoms with Gasteiger partial charge in [0.1, 0.15) is 4.60 Å². The molecule has 22 heavy (non-hydrogen) atoms. The van der Waals surface area contributed by atoms with E-state index in [1.165, 1.54) is 0 Å². The van der Waals surface area contributed by atoms with Gasteiger partial charge in [-0.25, -0.2) is 15.0 Å². The van der Waals surface area contributed by atoms with Crippen LogP contribution >= 0.6 is 15.9 Å². The zero-order valence-corrected chi connectivity index (χ0v) is 14.7. The quantitative estimate of drug-likeness (QED) is 0.812. The molecule has 1 fully saturated rings. The summed E-state index contributed by atoms with van der Waals surface area (Å²) in [4.78, 5) is 15.8.